The second-order valence-corrected chi connectivity index (χ2v) is 6.89. The molecule has 2 atom stereocenters. The lowest BCUT2D eigenvalue weighted by molar-refractivity contribution is -0.127. The van der Waals surface area contributed by atoms with Crippen molar-refractivity contribution in [2.75, 3.05) is 26.7 Å². The van der Waals surface area contributed by atoms with Gasteiger partial charge in [-0.2, -0.15) is 0 Å². The highest BCUT2D eigenvalue weighted by Gasteiger charge is 2.31. The maximum atomic E-state index is 13.3. The summed E-state index contributed by atoms with van der Waals surface area (Å²) in [7, 11) is 1.76. The van der Waals surface area contributed by atoms with Crippen LogP contribution in [0.3, 0.4) is 0 Å². The lowest BCUT2D eigenvalue weighted by atomic mass is 9.96. The third-order valence-electron chi connectivity index (χ3n) is 4.86. The van der Waals surface area contributed by atoms with Gasteiger partial charge in [0.05, 0.1) is 12.0 Å². The van der Waals surface area contributed by atoms with Crippen LogP contribution in [0.25, 0.3) is 0 Å². The third-order valence-corrected chi connectivity index (χ3v) is 4.86. The Balaban J connectivity index is 1.53. The number of benzene rings is 1. The molecule has 0 radical (unpaired) electrons. The molecule has 2 aliphatic heterocycles. The van der Waals surface area contributed by atoms with Gasteiger partial charge >= 0.3 is 0 Å². The lowest BCUT2D eigenvalue weighted by Crippen LogP contribution is -2.46. The highest BCUT2D eigenvalue weighted by atomic mass is 19.1. The molecule has 0 aromatic heterocycles. The van der Waals surface area contributed by atoms with Gasteiger partial charge in [0.2, 0.25) is 11.8 Å². The highest BCUT2D eigenvalue weighted by molar-refractivity contribution is 5.83. The standard InChI is InChI=1S/C18H24FN3O2/c1-21-12-16(9-17(21)23)20-18(24)14-5-3-7-22(11-14)10-13-4-2-6-15(19)8-13/h2,4,6,8,14,16H,3,5,7,9-12H2,1H3,(H,20,24)/t14-,16+/m1/s1. The summed E-state index contributed by atoms with van der Waals surface area (Å²) in [6.45, 7) is 2.85. The Labute approximate surface area is 141 Å². The van der Waals surface area contributed by atoms with Crippen LogP contribution in [0.4, 0.5) is 4.39 Å². The first-order valence-electron chi connectivity index (χ1n) is 8.52. The Hall–Kier alpha value is -1.95. The fraction of sp³-hybridized carbons (Fsp3) is 0.556. The first-order valence-corrected chi connectivity index (χ1v) is 8.52. The number of carbonyl (C=O) groups is 2. The van der Waals surface area contributed by atoms with Gasteiger partial charge < -0.3 is 10.2 Å². The summed E-state index contributed by atoms with van der Waals surface area (Å²) in [6, 6.07) is 6.53. The second kappa shape index (κ2) is 7.30. The Kier molecular flexibility index (Phi) is 5.14. The van der Waals surface area contributed by atoms with Gasteiger partial charge in [0, 0.05) is 33.1 Å². The number of likely N-dealkylation sites (tertiary alicyclic amines) is 2. The zero-order chi connectivity index (χ0) is 17.1. The average Bonchev–Trinajstić information content (AvgIpc) is 2.85. The van der Waals surface area contributed by atoms with Crippen molar-refractivity contribution >= 4 is 11.8 Å². The molecule has 1 aromatic rings. The molecule has 6 heteroatoms. The number of likely N-dealkylation sites (N-methyl/N-ethyl adjacent to an activating group) is 1. The van der Waals surface area contributed by atoms with Gasteiger partial charge in [-0.05, 0) is 37.1 Å². The summed E-state index contributed by atoms with van der Waals surface area (Å²) >= 11 is 0. The molecule has 130 valence electrons. The molecule has 1 N–H and O–H groups in total. The molecule has 2 amide bonds. The van der Waals surface area contributed by atoms with Gasteiger partial charge in [0.1, 0.15) is 5.82 Å². The van der Waals surface area contributed by atoms with Crippen LogP contribution in [0.2, 0.25) is 0 Å². The van der Waals surface area contributed by atoms with Crippen molar-refractivity contribution in [1.82, 2.24) is 15.1 Å². The summed E-state index contributed by atoms with van der Waals surface area (Å²) in [4.78, 5) is 27.9. The molecular weight excluding hydrogens is 309 g/mol. The maximum absolute atomic E-state index is 13.3. The topological polar surface area (TPSA) is 52.7 Å². The molecule has 0 saturated carbocycles. The number of halogens is 1. The minimum atomic E-state index is -0.228. The van der Waals surface area contributed by atoms with E-state index in [9.17, 15) is 14.0 Å². The van der Waals surface area contributed by atoms with Crippen LogP contribution < -0.4 is 5.32 Å². The lowest BCUT2D eigenvalue weighted by Gasteiger charge is -2.32. The molecule has 2 aliphatic rings. The van der Waals surface area contributed by atoms with Gasteiger partial charge in [-0.1, -0.05) is 12.1 Å². The number of amides is 2. The quantitative estimate of drug-likeness (QED) is 0.906. The molecule has 0 unspecified atom stereocenters. The molecule has 1 aromatic carbocycles. The van der Waals surface area contributed by atoms with Crippen molar-refractivity contribution < 1.29 is 14.0 Å². The number of rotatable bonds is 4. The third kappa shape index (κ3) is 4.12. The van der Waals surface area contributed by atoms with E-state index in [2.05, 4.69) is 10.2 Å². The number of nitrogens with one attached hydrogen (secondary N) is 1. The predicted molar refractivity (Wildman–Crippen MR) is 88.6 cm³/mol. The maximum Gasteiger partial charge on any atom is 0.224 e. The molecule has 0 bridgehead atoms. The van der Waals surface area contributed by atoms with Gasteiger partial charge in [0.15, 0.2) is 0 Å². The van der Waals surface area contributed by atoms with Gasteiger partial charge in [-0.3, -0.25) is 14.5 Å². The van der Waals surface area contributed by atoms with E-state index in [0.717, 1.165) is 24.9 Å². The van der Waals surface area contributed by atoms with Crippen molar-refractivity contribution in [3.63, 3.8) is 0 Å². The van der Waals surface area contributed by atoms with E-state index in [-0.39, 0.29) is 29.6 Å². The zero-order valence-corrected chi connectivity index (χ0v) is 14.0. The SMILES string of the molecule is CN1C[C@@H](NC(=O)[C@@H]2CCCN(Cc3cccc(F)c3)C2)CC1=O. The number of hydrogen-bond donors (Lipinski definition) is 1. The first kappa shape index (κ1) is 16.9. The summed E-state index contributed by atoms with van der Waals surface area (Å²) in [5, 5.41) is 3.01. The number of carbonyl (C=O) groups excluding carboxylic acids is 2. The van der Waals surface area contributed by atoms with E-state index in [0.29, 0.717) is 26.1 Å². The van der Waals surface area contributed by atoms with Crippen LogP contribution in [0, 0.1) is 11.7 Å². The fourth-order valence-corrected chi connectivity index (χ4v) is 3.59. The largest absolute Gasteiger partial charge is 0.351 e. The Morgan fingerprint density at radius 2 is 2.21 bits per heavy atom. The van der Waals surface area contributed by atoms with Gasteiger partial charge in [0.25, 0.3) is 0 Å². The molecule has 0 spiro atoms. The van der Waals surface area contributed by atoms with Gasteiger partial charge in [-0.25, -0.2) is 4.39 Å². The molecular formula is C18H24FN3O2. The van der Waals surface area contributed by atoms with Crippen LogP contribution in [0.15, 0.2) is 24.3 Å². The molecule has 2 saturated heterocycles. The van der Waals surface area contributed by atoms with E-state index in [4.69, 9.17) is 0 Å². The Morgan fingerprint density at radius 1 is 1.38 bits per heavy atom. The van der Waals surface area contributed by atoms with Crippen molar-refractivity contribution in [2.24, 2.45) is 5.92 Å². The van der Waals surface area contributed by atoms with Crippen molar-refractivity contribution in [3.05, 3.63) is 35.6 Å². The van der Waals surface area contributed by atoms with E-state index in [1.807, 2.05) is 6.07 Å². The minimum absolute atomic E-state index is 0.0343. The first-order chi connectivity index (χ1) is 11.5. The second-order valence-electron chi connectivity index (χ2n) is 6.89. The van der Waals surface area contributed by atoms with E-state index >= 15 is 0 Å². The molecule has 2 fully saturated rings. The fourth-order valence-electron chi connectivity index (χ4n) is 3.59. The van der Waals surface area contributed by atoms with E-state index in [1.165, 1.54) is 6.07 Å². The molecule has 5 nitrogen and oxygen atoms in total. The van der Waals surface area contributed by atoms with E-state index < -0.39 is 0 Å². The normalized spacial score (nSPS) is 25.1. The van der Waals surface area contributed by atoms with Gasteiger partial charge in [-0.15, -0.1) is 0 Å². The summed E-state index contributed by atoms with van der Waals surface area (Å²) in [5.74, 6) is -0.175. The smallest absolute Gasteiger partial charge is 0.224 e. The predicted octanol–water partition coefficient (Wildman–Crippen LogP) is 1.38. The van der Waals surface area contributed by atoms with Crippen molar-refractivity contribution in [1.29, 1.82) is 0 Å². The number of hydrogen-bond acceptors (Lipinski definition) is 3. The summed E-state index contributed by atoms with van der Waals surface area (Å²) in [5.41, 5.74) is 0.930. The van der Waals surface area contributed by atoms with Crippen LogP contribution >= 0.6 is 0 Å². The molecule has 2 heterocycles. The van der Waals surface area contributed by atoms with Crippen LogP contribution in [-0.2, 0) is 16.1 Å². The number of nitrogens with zero attached hydrogens (tertiary/aromatic N) is 2. The monoisotopic (exact) mass is 333 g/mol. The zero-order valence-electron chi connectivity index (χ0n) is 14.0. The Morgan fingerprint density at radius 3 is 2.92 bits per heavy atom. The molecule has 3 rings (SSSR count). The van der Waals surface area contributed by atoms with E-state index in [1.54, 1.807) is 24.1 Å². The van der Waals surface area contributed by atoms with Crippen LogP contribution in [0.1, 0.15) is 24.8 Å². The summed E-state index contributed by atoms with van der Waals surface area (Å²) < 4.78 is 13.3. The van der Waals surface area contributed by atoms with Crippen molar-refractivity contribution in [2.45, 2.75) is 31.8 Å². The average molecular weight is 333 g/mol. The minimum Gasteiger partial charge on any atom is -0.351 e. The summed E-state index contributed by atoms with van der Waals surface area (Å²) in [6.07, 6.45) is 2.21. The van der Waals surface area contributed by atoms with Crippen LogP contribution in [-0.4, -0.2) is 54.3 Å². The molecule has 24 heavy (non-hydrogen) atoms. The number of piperidine rings is 1. The van der Waals surface area contributed by atoms with Crippen LogP contribution in [0.5, 0.6) is 0 Å². The van der Waals surface area contributed by atoms with Crippen molar-refractivity contribution in [3.8, 4) is 0 Å². The molecule has 0 aliphatic carbocycles. The Bertz CT molecular complexity index is 622. The highest BCUT2D eigenvalue weighted by Crippen LogP contribution is 2.20.